The van der Waals surface area contributed by atoms with Gasteiger partial charge >= 0.3 is 0 Å². The molecular formula is C19H29N3O3S. The second-order valence-corrected chi connectivity index (χ2v) is 8.40. The predicted molar refractivity (Wildman–Crippen MR) is 106 cm³/mol. The Labute approximate surface area is 159 Å². The molecule has 144 valence electrons. The van der Waals surface area contributed by atoms with Crippen molar-refractivity contribution in [1.82, 2.24) is 10.2 Å². The maximum absolute atomic E-state index is 12.7. The molecule has 6 nitrogen and oxygen atoms in total. The summed E-state index contributed by atoms with van der Waals surface area (Å²) in [5.41, 5.74) is 0.451. The van der Waals surface area contributed by atoms with E-state index in [4.69, 9.17) is 0 Å². The van der Waals surface area contributed by atoms with E-state index >= 15 is 0 Å². The molecule has 0 aliphatic carbocycles. The molecule has 0 unspecified atom stereocenters. The molecule has 0 radical (unpaired) electrons. The van der Waals surface area contributed by atoms with Crippen molar-refractivity contribution in [2.45, 2.75) is 38.0 Å². The van der Waals surface area contributed by atoms with Gasteiger partial charge in [-0.25, -0.2) is 0 Å². The summed E-state index contributed by atoms with van der Waals surface area (Å²) in [4.78, 5) is 26.3. The molecule has 1 amide bonds. The number of rotatable bonds is 8. The largest absolute Gasteiger partial charge is 0.339 e. The van der Waals surface area contributed by atoms with Crippen molar-refractivity contribution in [2.75, 3.05) is 32.4 Å². The zero-order chi connectivity index (χ0) is 19.1. The molecule has 1 aromatic carbocycles. The molecule has 7 heteroatoms. The number of thioether (sulfide) groups is 1. The highest BCUT2D eigenvalue weighted by molar-refractivity contribution is 7.99. The zero-order valence-corrected chi connectivity index (χ0v) is 16.7. The fourth-order valence-electron chi connectivity index (χ4n) is 3.13. The maximum Gasteiger partial charge on any atom is 0.283 e. The van der Waals surface area contributed by atoms with E-state index in [-0.39, 0.29) is 16.5 Å². The van der Waals surface area contributed by atoms with Crippen LogP contribution in [0.15, 0.2) is 23.1 Å². The van der Waals surface area contributed by atoms with Gasteiger partial charge in [-0.3, -0.25) is 14.9 Å². The van der Waals surface area contributed by atoms with Gasteiger partial charge in [0.05, 0.1) is 9.82 Å². The molecule has 1 heterocycles. The van der Waals surface area contributed by atoms with Crippen LogP contribution in [0, 0.1) is 22.0 Å². The van der Waals surface area contributed by atoms with E-state index < -0.39 is 0 Å². The minimum atomic E-state index is -0.381. The minimum Gasteiger partial charge on any atom is -0.339 e. The Kier molecular flexibility index (Phi) is 7.90. The van der Waals surface area contributed by atoms with Crippen LogP contribution in [0.5, 0.6) is 0 Å². The molecule has 1 saturated heterocycles. The van der Waals surface area contributed by atoms with E-state index in [1.807, 2.05) is 11.9 Å². The second kappa shape index (κ2) is 9.92. The van der Waals surface area contributed by atoms with Crippen molar-refractivity contribution in [2.24, 2.45) is 11.8 Å². The highest BCUT2D eigenvalue weighted by atomic mass is 32.2. The van der Waals surface area contributed by atoms with E-state index in [1.165, 1.54) is 17.8 Å². The van der Waals surface area contributed by atoms with Crippen LogP contribution in [0.3, 0.4) is 0 Å². The Bertz CT molecular complexity index is 628. The summed E-state index contributed by atoms with van der Waals surface area (Å²) < 4.78 is 0. The second-order valence-electron chi connectivity index (χ2n) is 7.26. The fraction of sp³-hybridized carbons (Fsp3) is 0.632. The number of nitrogens with zero attached hydrogens (tertiary/aromatic N) is 2. The number of amides is 1. The molecular weight excluding hydrogens is 350 g/mol. The summed E-state index contributed by atoms with van der Waals surface area (Å²) in [7, 11) is 1.94. The third-order valence-corrected chi connectivity index (χ3v) is 5.85. The van der Waals surface area contributed by atoms with Gasteiger partial charge in [-0.15, -0.1) is 11.8 Å². The lowest BCUT2D eigenvalue weighted by molar-refractivity contribution is -0.387. The van der Waals surface area contributed by atoms with Gasteiger partial charge in [-0.1, -0.05) is 13.8 Å². The average molecular weight is 380 g/mol. The standard InChI is InChI=1S/C19H29N3O3S/c1-14(2)8-11-26-18-5-4-16(12-17(18)22(24)25)19(23)21-9-6-15(7-10-21)13-20-3/h4-5,12,14-15,20H,6-11,13H2,1-3H3. The smallest absolute Gasteiger partial charge is 0.283 e. The first-order valence-corrected chi connectivity index (χ1v) is 10.3. The van der Waals surface area contributed by atoms with Gasteiger partial charge in [0.2, 0.25) is 0 Å². The van der Waals surface area contributed by atoms with E-state index in [0.29, 0.717) is 35.4 Å². The van der Waals surface area contributed by atoms with Crippen molar-refractivity contribution < 1.29 is 9.72 Å². The summed E-state index contributed by atoms with van der Waals surface area (Å²) in [6.07, 6.45) is 2.94. The molecule has 1 aliphatic heterocycles. The monoisotopic (exact) mass is 379 g/mol. The Morgan fingerprint density at radius 3 is 2.65 bits per heavy atom. The summed E-state index contributed by atoms with van der Waals surface area (Å²) in [5.74, 6) is 1.89. The highest BCUT2D eigenvalue weighted by Gasteiger charge is 2.25. The number of nitro groups is 1. The Morgan fingerprint density at radius 1 is 1.38 bits per heavy atom. The van der Waals surface area contributed by atoms with Gasteiger partial charge in [0.1, 0.15) is 0 Å². The minimum absolute atomic E-state index is 0.0367. The first-order chi connectivity index (χ1) is 12.4. The first kappa shape index (κ1) is 20.7. The van der Waals surface area contributed by atoms with Crippen LogP contribution in [0.2, 0.25) is 0 Å². The highest BCUT2D eigenvalue weighted by Crippen LogP contribution is 2.32. The summed E-state index contributed by atoms with van der Waals surface area (Å²) in [5, 5.41) is 14.6. The number of carbonyl (C=O) groups excluding carboxylic acids is 1. The van der Waals surface area contributed by atoms with Gasteiger partial charge < -0.3 is 10.2 Å². The number of carbonyl (C=O) groups is 1. The third-order valence-electron chi connectivity index (χ3n) is 4.75. The van der Waals surface area contributed by atoms with Crippen LogP contribution in [-0.2, 0) is 0 Å². The molecule has 0 aromatic heterocycles. The van der Waals surface area contributed by atoms with Crippen LogP contribution in [-0.4, -0.2) is 48.2 Å². The predicted octanol–water partition coefficient (Wildman–Crippen LogP) is 3.80. The van der Waals surface area contributed by atoms with E-state index in [2.05, 4.69) is 19.2 Å². The van der Waals surface area contributed by atoms with Gasteiger partial charge in [-0.2, -0.15) is 0 Å². The molecule has 0 bridgehead atoms. The van der Waals surface area contributed by atoms with Crippen LogP contribution < -0.4 is 5.32 Å². The number of piperidine rings is 1. The topological polar surface area (TPSA) is 75.5 Å². The van der Waals surface area contributed by atoms with Crippen molar-refractivity contribution in [3.05, 3.63) is 33.9 Å². The van der Waals surface area contributed by atoms with Gasteiger partial charge in [-0.05, 0) is 62.6 Å². The summed E-state index contributed by atoms with van der Waals surface area (Å²) >= 11 is 1.49. The maximum atomic E-state index is 12.7. The number of likely N-dealkylation sites (tertiary alicyclic amines) is 1. The van der Waals surface area contributed by atoms with Crippen LogP contribution in [0.1, 0.15) is 43.5 Å². The first-order valence-electron chi connectivity index (χ1n) is 9.27. The Balaban J connectivity index is 2.06. The van der Waals surface area contributed by atoms with Crippen LogP contribution in [0.4, 0.5) is 5.69 Å². The van der Waals surface area contributed by atoms with E-state index in [0.717, 1.165) is 31.6 Å². The van der Waals surface area contributed by atoms with Crippen molar-refractivity contribution in [3.8, 4) is 0 Å². The summed E-state index contributed by atoms with van der Waals surface area (Å²) in [6.45, 7) is 6.66. The SMILES string of the molecule is CNCC1CCN(C(=O)c2ccc(SCCC(C)C)c([N+](=O)[O-])c2)CC1. The van der Waals surface area contributed by atoms with E-state index in [9.17, 15) is 14.9 Å². The molecule has 0 spiro atoms. The number of hydrogen-bond donors (Lipinski definition) is 1. The molecule has 1 aromatic rings. The van der Waals surface area contributed by atoms with Gasteiger partial charge in [0.25, 0.3) is 11.6 Å². The number of benzene rings is 1. The third kappa shape index (κ3) is 5.71. The van der Waals surface area contributed by atoms with Crippen LogP contribution in [0.25, 0.3) is 0 Å². The van der Waals surface area contributed by atoms with Crippen molar-refractivity contribution in [3.63, 3.8) is 0 Å². The lowest BCUT2D eigenvalue weighted by Crippen LogP contribution is -2.40. The summed E-state index contributed by atoms with van der Waals surface area (Å²) in [6, 6.07) is 4.90. The zero-order valence-electron chi connectivity index (χ0n) is 15.9. The lowest BCUT2D eigenvalue weighted by atomic mass is 9.96. The molecule has 26 heavy (non-hydrogen) atoms. The van der Waals surface area contributed by atoms with Crippen LogP contribution >= 0.6 is 11.8 Å². The Morgan fingerprint density at radius 2 is 2.08 bits per heavy atom. The molecule has 0 atom stereocenters. The molecule has 1 fully saturated rings. The number of nitrogens with one attached hydrogen (secondary N) is 1. The van der Waals surface area contributed by atoms with Gasteiger partial charge in [0.15, 0.2) is 0 Å². The lowest BCUT2D eigenvalue weighted by Gasteiger charge is -2.32. The molecule has 0 saturated carbocycles. The molecule has 1 aliphatic rings. The molecule has 1 N–H and O–H groups in total. The quantitative estimate of drug-likeness (QED) is 0.422. The van der Waals surface area contributed by atoms with Crippen molar-refractivity contribution in [1.29, 1.82) is 0 Å². The number of nitro benzene ring substituents is 1. The number of hydrogen-bond acceptors (Lipinski definition) is 5. The Hall–Kier alpha value is -1.60. The molecule has 2 rings (SSSR count). The fourth-order valence-corrected chi connectivity index (χ4v) is 4.39. The average Bonchev–Trinajstić information content (AvgIpc) is 2.62. The normalized spacial score (nSPS) is 15.5. The van der Waals surface area contributed by atoms with Crippen molar-refractivity contribution >= 4 is 23.4 Å². The van der Waals surface area contributed by atoms with E-state index in [1.54, 1.807) is 12.1 Å². The van der Waals surface area contributed by atoms with Gasteiger partial charge in [0, 0.05) is 24.7 Å².